The Kier molecular flexibility index (Phi) is 8.86. The van der Waals surface area contributed by atoms with Crippen molar-refractivity contribution in [3.05, 3.63) is 22.4 Å². The molecule has 23 heavy (non-hydrogen) atoms. The number of piperidine rings is 1. The third kappa shape index (κ3) is 7.14. The van der Waals surface area contributed by atoms with Gasteiger partial charge in [0.2, 0.25) is 0 Å². The average Bonchev–Trinajstić information content (AvgIpc) is 3.06. The lowest BCUT2D eigenvalue weighted by Gasteiger charge is -2.31. The maximum atomic E-state index is 4.80. The minimum Gasteiger partial charge on any atom is -0.357 e. The largest absolute Gasteiger partial charge is 0.357 e. The fourth-order valence-electron chi connectivity index (χ4n) is 2.90. The van der Waals surface area contributed by atoms with Gasteiger partial charge in [-0.2, -0.15) is 11.8 Å². The van der Waals surface area contributed by atoms with Gasteiger partial charge in [-0.3, -0.25) is 9.89 Å². The van der Waals surface area contributed by atoms with Crippen molar-refractivity contribution < 1.29 is 0 Å². The second-order valence-electron chi connectivity index (χ2n) is 5.96. The SMILES string of the molecule is CCNC(=NCC1CCCN(Cc2cccs2)C1)NCCSC. The molecule has 1 fully saturated rings. The van der Waals surface area contributed by atoms with Gasteiger partial charge < -0.3 is 10.6 Å². The molecule has 6 heteroatoms. The van der Waals surface area contributed by atoms with E-state index in [-0.39, 0.29) is 0 Å². The third-order valence-electron chi connectivity index (χ3n) is 4.01. The molecule has 0 radical (unpaired) electrons. The van der Waals surface area contributed by atoms with E-state index in [4.69, 9.17) is 4.99 Å². The van der Waals surface area contributed by atoms with Gasteiger partial charge in [-0.05, 0) is 49.9 Å². The topological polar surface area (TPSA) is 39.7 Å². The molecule has 4 nitrogen and oxygen atoms in total. The summed E-state index contributed by atoms with van der Waals surface area (Å²) in [5.41, 5.74) is 0. The van der Waals surface area contributed by atoms with Crippen LogP contribution in [0.4, 0.5) is 0 Å². The molecule has 130 valence electrons. The first-order chi connectivity index (χ1) is 11.3. The molecule has 0 amide bonds. The van der Waals surface area contributed by atoms with Gasteiger partial charge in [-0.15, -0.1) is 11.3 Å². The number of thiophene rings is 1. The zero-order valence-electron chi connectivity index (χ0n) is 14.4. The molecule has 1 aromatic heterocycles. The zero-order valence-corrected chi connectivity index (χ0v) is 16.0. The third-order valence-corrected chi connectivity index (χ3v) is 5.49. The van der Waals surface area contributed by atoms with Gasteiger partial charge in [0, 0.05) is 43.4 Å². The number of hydrogen-bond donors (Lipinski definition) is 2. The fourth-order valence-corrected chi connectivity index (χ4v) is 3.95. The molecule has 1 unspecified atom stereocenters. The second-order valence-corrected chi connectivity index (χ2v) is 7.98. The quantitative estimate of drug-likeness (QED) is 0.428. The molecule has 0 aliphatic carbocycles. The minimum atomic E-state index is 0.680. The number of guanidine groups is 1. The summed E-state index contributed by atoms with van der Waals surface area (Å²) in [6, 6.07) is 4.39. The van der Waals surface area contributed by atoms with Crippen molar-refractivity contribution >= 4 is 29.1 Å². The Morgan fingerprint density at radius 3 is 3.13 bits per heavy atom. The summed E-state index contributed by atoms with van der Waals surface area (Å²) in [6.07, 6.45) is 4.73. The van der Waals surface area contributed by atoms with Gasteiger partial charge in [0.1, 0.15) is 0 Å². The van der Waals surface area contributed by atoms with Crippen molar-refractivity contribution in [1.82, 2.24) is 15.5 Å². The van der Waals surface area contributed by atoms with Crippen LogP contribution in [0, 0.1) is 5.92 Å². The molecule has 2 N–H and O–H groups in total. The Labute approximate surface area is 149 Å². The van der Waals surface area contributed by atoms with Crippen LogP contribution in [0.3, 0.4) is 0 Å². The summed E-state index contributed by atoms with van der Waals surface area (Å²) in [5.74, 6) is 2.76. The predicted molar refractivity (Wildman–Crippen MR) is 105 cm³/mol. The van der Waals surface area contributed by atoms with Crippen molar-refractivity contribution in [1.29, 1.82) is 0 Å². The van der Waals surface area contributed by atoms with Crippen molar-refractivity contribution in [2.24, 2.45) is 10.9 Å². The van der Waals surface area contributed by atoms with Gasteiger partial charge in [0.15, 0.2) is 5.96 Å². The van der Waals surface area contributed by atoms with Gasteiger partial charge in [0.05, 0.1) is 0 Å². The normalized spacial score (nSPS) is 19.7. The van der Waals surface area contributed by atoms with Crippen LogP contribution in [0.2, 0.25) is 0 Å². The number of thioether (sulfide) groups is 1. The Balaban J connectivity index is 1.78. The zero-order chi connectivity index (χ0) is 16.3. The number of rotatable bonds is 8. The highest BCUT2D eigenvalue weighted by Crippen LogP contribution is 2.20. The first-order valence-corrected chi connectivity index (χ1v) is 10.8. The highest BCUT2D eigenvalue weighted by molar-refractivity contribution is 7.98. The number of aliphatic imine (C=N–C) groups is 1. The number of likely N-dealkylation sites (tertiary alicyclic amines) is 1. The van der Waals surface area contributed by atoms with E-state index in [9.17, 15) is 0 Å². The lowest BCUT2D eigenvalue weighted by molar-refractivity contribution is 0.172. The highest BCUT2D eigenvalue weighted by atomic mass is 32.2. The summed E-state index contributed by atoms with van der Waals surface area (Å²) in [6.45, 7) is 8.44. The Morgan fingerprint density at radius 1 is 1.48 bits per heavy atom. The molecule has 0 saturated carbocycles. The second kappa shape index (κ2) is 10.9. The molecule has 2 rings (SSSR count). The molecule has 1 aromatic rings. The Bertz CT molecular complexity index is 447. The molecule has 1 aliphatic rings. The van der Waals surface area contributed by atoms with Gasteiger partial charge in [0.25, 0.3) is 0 Å². The lowest BCUT2D eigenvalue weighted by Crippen LogP contribution is -2.40. The van der Waals surface area contributed by atoms with Crippen LogP contribution in [0.25, 0.3) is 0 Å². The standard InChI is InChI=1S/C17H30N4S2/c1-3-18-17(19-8-11-22-2)20-12-15-6-4-9-21(13-15)14-16-7-5-10-23-16/h5,7,10,15H,3-4,6,8-9,11-14H2,1-2H3,(H2,18,19,20). The lowest BCUT2D eigenvalue weighted by atomic mass is 9.98. The molecule has 1 atom stereocenters. The van der Waals surface area contributed by atoms with Crippen molar-refractivity contribution in [2.45, 2.75) is 26.3 Å². The number of nitrogens with zero attached hydrogens (tertiary/aromatic N) is 2. The molecule has 2 heterocycles. The van der Waals surface area contributed by atoms with Crippen LogP contribution >= 0.6 is 23.1 Å². The first-order valence-electron chi connectivity index (χ1n) is 8.57. The van der Waals surface area contributed by atoms with Crippen LogP contribution in [-0.4, -0.2) is 55.6 Å². The van der Waals surface area contributed by atoms with E-state index in [1.807, 2.05) is 23.1 Å². The molecular formula is C17H30N4S2. The summed E-state index contributed by atoms with van der Waals surface area (Å²) < 4.78 is 0. The van der Waals surface area contributed by atoms with Crippen molar-refractivity contribution in [3.63, 3.8) is 0 Å². The summed E-state index contributed by atoms with van der Waals surface area (Å²) in [4.78, 5) is 8.86. The van der Waals surface area contributed by atoms with Gasteiger partial charge in [-0.1, -0.05) is 6.07 Å². The number of hydrogen-bond acceptors (Lipinski definition) is 4. The van der Waals surface area contributed by atoms with E-state index in [0.29, 0.717) is 5.92 Å². The molecular weight excluding hydrogens is 324 g/mol. The van der Waals surface area contributed by atoms with Crippen molar-refractivity contribution in [3.8, 4) is 0 Å². The maximum Gasteiger partial charge on any atom is 0.191 e. The Hall–Kier alpha value is -0.720. The van der Waals surface area contributed by atoms with Gasteiger partial charge >= 0.3 is 0 Å². The van der Waals surface area contributed by atoms with E-state index in [2.05, 4.69) is 46.2 Å². The number of nitrogens with one attached hydrogen (secondary N) is 2. The molecule has 0 bridgehead atoms. The van der Waals surface area contributed by atoms with Crippen LogP contribution in [0.15, 0.2) is 22.5 Å². The van der Waals surface area contributed by atoms with E-state index >= 15 is 0 Å². The van der Waals surface area contributed by atoms with Crippen LogP contribution in [-0.2, 0) is 6.54 Å². The van der Waals surface area contributed by atoms with Crippen LogP contribution in [0.5, 0.6) is 0 Å². The smallest absolute Gasteiger partial charge is 0.191 e. The van der Waals surface area contributed by atoms with E-state index in [0.717, 1.165) is 37.9 Å². The van der Waals surface area contributed by atoms with E-state index < -0.39 is 0 Å². The fraction of sp³-hybridized carbons (Fsp3) is 0.706. The van der Waals surface area contributed by atoms with E-state index in [1.165, 1.54) is 30.8 Å². The summed E-state index contributed by atoms with van der Waals surface area (Å²) in [7, 11) is 0. The minimum absolute atomic E-state index is 0.680. The molecule has 1 saturated heterocycles. The monoisotopic (exact) mass is 354 g/mol. The highest BCUT2D eigenvalue weighted by Gasteiger charge is 2.20. The molecule has 1 aliphatic heterocycles. The van der Waals surface area contributed by atoms with E-state index in [1.54, 1.807) is 0 Å². The average molecular weight is 355 g/mol. The predicted octanol–water partition coefficient (Wildman–Crippen LogP) is 2.88. The van der Waals surface area contributed by atoms with Crippen LogP contribution in [0.1, 0.15) is 24.6 Å². The summed E-state index contributed by atoms with van der Waals surface area (Å²) in [5, 5.41) is 8.93. The van der Waals surface area contributed by atoms with Crippen LogP contribution < -0.4 is 10.6 Å². The maximum absolute atomic E-state index is 4.80. The van der Waals surface area contributed by atoms with Crippen molar-refractivity contribution in [2.75, 3.05) is 44.7 Å². The molecule has 0 aromatic carbocycles. The summed E-state index contributed by atoms with van der Waals surface area (Å²) >= 11 is 3.72. The first kappa shape index (κ1) is 18.6. The Morgan fingerprint density at radius 2 is 2.39 bits per heavy atom. The van der Waals surface area contributed by atoms with Gasteiger partial charge in [-0.25, -0.2) is 0 Å². The molecule has 0 spiro atoms.